The Morgan fingerprint density at radius 1 is 1.59 bits per heavy atom. The van der Waals surface area contributed by atoms with E-state index in [4.69, 9.17) is 5.26 Å². The third-order valence-electron chi connectivity index (χ3n) is 2.86. The van der Waals surface area contributed by atoms with Crippen LogP contribution in [0.3, 0.4) is 0 Å². The van der Waals surface area contributed by atoms with Crippen LogP contribution in [-0.4, -0.2) is 11.4 Å². The van der Waals surface area contributed by atoms with Gasteiger partial charge in [0.1, 0.15) is 5.54 Å². The fourth-order valence-corrected chi connectivity index (χ4v) is 1.73. The number of hydrogen-bond acceptors (Lipinski definition) is 2. The van der Waals surface area contributed by atoms with Gasteiger partial charge in [-0.15, -0.1) is 0 Å². The van der Waals surface area contributed by atoms with E-state index in [2.05, 4.69) is 27.3 Å². The van der Waals surface area contributed by atoms with Crippen LogP contribution in [0.25, 0.3) is 0 Å². The second kappa shape index (κ2) is 5.33. The van der Waals surface area contributed by atoms with Crippen LogP contribution in [0.1, 0.15) is 36.2 Å². The van der Waals surface area contributed by atoms with Crippen LogP contribution in [0.4, 0.5) is 0 Å². The third kappa shape index (κ3) is 3.07. The van der Waals surface area contributed by atoms with Crippen molar-refractivity contribution in [3.05, 3.63) is 33.8 Å². The van der Waals surface area contributed by atoms with E-state index < -0.39 is 5.54 Å². The molecule has 0 saturated carbocycles. The van der Waals surface area contributed by atoms with Crippen molar-refractivity contribution in [3.63, 3.8) is 0 Å². The van der Waals surface area contributed by atoms with Gasteiger partial charge in [-0.05, 0) is 38.0 Å². The van der Waals surface area contributed by atoms with E-state index in [0.29, 0.717) is 12.0 Å². The summed E-state index contributed by atoms with van der Waals surface area (Å²) in [6.07, 6.45) is 0.572. The summed E-state index contributed by atoms with van der Waals surface area (Å²) in [6.45, 7) is 5.46. The zero-order chi connectivity index (χ0) is 13.1. The van der Waals surface area contributed by atoms with Crippen LogP contribution in [0.5, 0.6) is 0 Å². The lowest BCUT2D eigenvalue weighted by molar-refractivity contribution is 0.0922. The van der Waals surface area contributed by atoms with Gasteiger partial charge in [-0.1, -0.05) is 28.9 Å². The lowest BCUT2D eigenvalue weighted by atomic mass is 9.99. The number of nitrogens with one attached hydrogen (secondary N) is 1. The average molecular weight is 295 g/mol. The van der Waals surface area contributed by atoms with Crippen LogP contribution >= 0.6 is 15.9 Å². The van der Waals surface area contributed by atoms with Gasteiger partial charge in [0.05, 0.1) is 6.07 Å². The van der Waals surface area contributed by atoms with Gasteiger partial charge in [0.2, 0.25) is 0 Å². The molecule has 1 aromatic carbocycles. The normalized spacial score (nSPS) is 13.6. The van der Waals surface area contributed by atoms with Crippen molar-refractivity contribution in [1.82, 2.24) is 5.32 Å². The summed E-state index contributed by atoms with van der Waals surface area (Å²) in [5.41, 5.74) is 0.655. The van der Waals surface area contributed by atoms with E-state index in [1.807, 2.05) is 26.0 Å². The smallest absolute Gasteiger partial charge is 0.252 e. The number of halogens is 1. The van der Waals surface area contributed by atoms with E-state index in [9.17, 15) is 4.79 Å². The molecule has 3 nitrogen and oxygen atoms in total. The first-order valence-corrected chi connectivity index (χ1v) is 6.21. The van der Waals surface area contributed by atoms with Gasteiger partial charge < -0.3 is 5.32 Å². The summed E-state index contributed by atoms with van der Waals surface area (Å²) in [6, 6.07) is 7.56. The Labute approximate surface area is 110 Å². The van der Waals surface area contributed by atoms with Gasteiger partial charge in [0.15, 0.2) is 0 Å². The van der Waals surface area contributed by atoms with Crippen LogP contribution in [0.15, 0.2) is 22.7 Å². The second-order valence-electron chi connectivity index (χ2n) is 4.16. The molecular formula is C13H15BrN2O. The van der Waals surface area contributed by atoms with Gasteiger partial charge in [-0.25, -0.2) is 0 Å². The number of carbonyl (C=O) groups excluding carboxylic acids is 1. The summed E-state index contributed by atoms with van der Waals surface area (Å²) >= 11 is 3.38. The molecule has 0 fully saturated rings. The first kappa shape index (κ1) is 13.7. The Morgan fingerprint density at radius 3 is 2.76 bits per heavy atom. The molecule has 0 aromatic heterocycles. The van der Waals surface area contributed by atoms with Gasteiger partial charge >= 0.3 is 0 Å². The predicted molar refractivity (Wildman–Crippen MR) is 70.7 cm³/mol. The third-order valence-corrected chi connectivity index (χ3v) is 3.71. The lowest BCUT2D eigenvalue weighted by Crippen LogP contribution is -2.44. The Kier molecular flexibility index (Phi) is 4.30. The number of nitriles is 1. The van der Waals surface area contributed by atoms with Crippen LogP contribution < -0.4 is 5.32 Å². The van der Waals surface area contributed by atoms with Crippen LogP contribution in [-0.2, 0) is 0 Å². The Morgan fingerprint density at radius 2 is 2.24 bits per heavy atom. The van der Waals surface area contributed by atoms with Crippen LogP contribution in [0.2, 0.25) is 0 Å². The van der Waals surface area contributed by atoms with Gasteiger partial charge in [-0.2, -0.15) is 5.26 Å². The summed E-state index contributed by atoms with van der Waals surface area (Å²) in [4.78, 5) is 12.1. The van der Waals surface area contributed by atoms with Gasteiger partial charge in [-0.3, -0.25) is 4.79 Å². The molecule has 1 rings (SSSR count). The standard InChI is InChI=1S/C13H15BrN2O/c1-4-13(3,8-15)16-12(17)10-6-5-7-11(14)9(10)2/h5-7H,4H2,1-3H3,(H,16,17). The zero-order valence-corrected chi connectivity index (χ0v) is 11.8. The molecular weight excluding hydrogens is 280 g/mol. The number of rotatable bonds is 3. The summed E-state index contributed by atoms with van der Waals surface area (Å²) < 4.78 is 0.889. The fraction of sp³-hybridized carbons (Fsp3) is 0.385. The molecule has 1 N–H and O–H groups in total. The minimum Gasteiger partial charge on any atom is -0.334 e. The summed E-state index contributed by atoms with van der Waals surface area (Å²) in [5, 5.41) is 11.8. The van der Waals surface area contributed by atoms with E-state index in [1.54, 1.807) is 13.0 Å². The average Bonchev–Trinajstić information content (AvgIpc) is 2.32. The number of carbonyl (C=O) groups is 1. The van der Waals surface area contributed by atoms with Gasteiger partial charge in [0, 0.05) is 10.0 Å². The van der Waals surface area contributed by atoms with Crippen molar-refractivity contribution in [2.45, 2.75) is 32.7 Å². The molecule has 17 heavy (non-hydrogen) atoms. The molecule has 0 aliphatic rings. The molecule has 90 valence electrons. The molecule has 0 heterocycles. The van der Waals surface area contributed by atoms with Crippen molar-refractivity contribution in [2.75, 3.05) is 0 Å². The van der Waals surface area contributed by atoms with E-state index >= 15 is 0 Å². The first-order chi connectivity index (χ1) is 7.93. The molecule has 1 atom stereocenters. The van der Waals surface area contributed by atoms with E-state index in [0.717, 1.165) is 10.0 Å². The Hall–Kier alpha value is -1.34. The Bertz CT molecular complexity index is 479. The Balaban J connectivity index is 2.99. The molecule has 0 saturated heterocycles. The van der Waals surface area contributed by atoms with E-state index in [-0.39, 0.29) is 5.91 Å². The molecule has 1 aromatic rings. The van der Waals surface area contributed by atoms with Crippen molar-refractivity contribution in [1.29, 1.82) is 5.26 Å². The van der Waals surface area contributed by atoms with Crippen molar-refractivity contribution < 1.29 is 4.79 Å². The number of hydrogen-bond donors (Lipinski definition) is 1. The molecule has 0 aliphatic heterocycles. The zero-order valence-electron chi connectivity index (χ0n) is 10.2. The molecule has 0 radical (unpaired) electrons. The minimum atomic E-state index is -0.814. The maximum absolute atomic E-state index is 12.1. The van der Waals surface area contributed by atoms with Crippen LogP contribution in [0, 0.1) is 18.3 Å². The quantitative estimate of drug-likeness (QED) is 0.931. The second-order valence-corrected chi connectivity index (χ2v) is 5.02. The lowest BCUT2D eigenvalue weighted by Gasteiger charge is -2.21. The summed E-state index contributed by atoms with van der Waals surface area (Å²) in [7, 11) is 0. The SMILES string of the molecule is CCC(C)(C#N)NC(=O)c1cccc(Br)c1C. The molecule has 1 amide bonds. The highest BCUT2D eigenvalue weighted by Crippen LogP contribution is 2.20. The highest BCUT2D eigenvalue weighted by Gasteiger charge is 2.24. The molecule has 0 bridgehead atoms. The minimum absolute atomic E-state index is 0.213. The number of benzene rings is 1. The van der Waals surface area contributed by atoms with Crippen molar-refractivity contribution >= 4 is 21.8 Å². The predicted octanol–water partition coefficient (Wildman–Crippen LogP) is 3.18. The topological polar surface area (TPSA) is 52.9 Å². The molecule has 1 unspecified atom stereocenters. The largest absolute Gasteiger partial charge is 0.334 e. The van der Waals surface area contributed by atoms with Gasteiger partial charge in [0.25, 0.3) is 5.91 Å². The highest BCUT2D eigenvalue weighted by molar-refractivity contribution is 9.10. The maximum atomic E-state index is 12.1. The first-order valence-electron chi connectivity index (χ1n) is 5.42. The number of nitrogens with zero attached hydrogens (tertiary/aromatic N) is 1. The summed E-state index contributed by atoms with van der Waals surface area (Å²) in [5.74, 6) is -0.213. The maximum Gasteiger partial charge on any atom is 0.252 e. The fourth-order valence-electron chi connectivity index (χ4n) is 1.37. The van der Waals surface area contributed by atoms with E-state index in [1.165, 1.54) is 0 Å². The monoisotopic (exact) mass is 294 g/mol. The molecule has 0 aliphatic carbocycles. The molecule has 4 heteroatoms. The highest BCUT2D eigenvalue weighted by atomic mass is 79.9. The van der Waals surface area contributed by atoms with Crippen molar-refractivity contribution in [2.24, 2.45) is 0 Å². The van der Waals surface area contributed by atoms with Crippen molar-refractivity contribution in [3.8, 4) is 6.07 Å². The number of amides is 1. The molecule has 0 spiro atoms.